The highest BCUT2D eigenvalue weighted by Crippen LogP contribution is 2.32. The zero-order chi connectivity index (χ0) is 21.1. The molecule has 0 aliphatic rings. The summed E-state index contributed by atoms with van der Waals surface area (Å²) in [4.78, 5) is 11.1. The summed E-state index contributed by atoms with van der Waals surface area (Å²) in [7, 11) is 0. The van der Waals surface area contributed by atoms with Crippen molar-refractivity contribution in [2.75, 3.05) is 13.2 Å². The molecule has 152 valence electrons. The second-order valence-electron chi connectivity index (χ2n) is 6.53. The van der Waals surface area contributed by atoms with Gasteiger partial charge >= 0.3 is 0 Å². The van der Waals surface area contributed by atoms with Crippen LogP contribution in [0.2, 0.25) is 0 Å². The number of rotatable bonds is 10. The third-order valence-corrected chi connectivity index (χ3v) is 4.54. The maximum atomic E-state index is 11.1. The fourth-order valence-electron chi connectivity index (χ4n) is 3.03. The number of carbonyl (C=O) groups is 1. The van der Waals surface area contributed by atoms with Crippen LogP contribution < -0.4 is 10.1 Å². The quantitative estimate of drug-likeness (QED) is 0.326. The highest BCUT2D eigenvalue weighted by Gasteiger charge is 2.09. The first-order valence-electron chi connectivity index (χ1n) is 9.85. The van der Waals surface area contributed by atoms with Crippen molar-refractivity contribution in [3.8, 4) is 11.5 Å². The molecule has 0 unspecified atom stereocenters. The molecule has 29 heavy (non-hydrogen) atoms. The van der Waals surface area contributed by atoms with E-state index in [-0.39, 0.29) is 11.7 Å². The Hall–Kier alpha value is -3.27. The molecule has 1 amide bonds. The molecule has 2 rings (SSSR count). The summed E-state index contributed by atoms with van der Waals surface area (Å²) in [5.74, 6) is 0.941. The minimum absolute atomic E-state index is 0.144. The van der Waals surface area contributed by atoms with Crippen molar-refractivity contribution in [3.05, 3.63) is 84.5 Å². The molecule has 0 saturated carbocycles. The molecule has 2 aromatic rings. The van der Waals surface area contributed by atoms with Crippen LogP contribution >= 0.6 is 0 Å². The molecule has 0 aromatic heterocycles. The Morgan fingerprint density at radius 1 is 0.966 bits per heavy atom. The van der Waals surface area contributed by atoms with E-state index in [4.69, 9.17) is 4.74 Å². The Bertz CT molecular complexity index is 862. The van der Waals surface area contributed by atoms with Gasteiger partial charge in [-0.05, 0) is 79.3 Å². The van der Waals surface area contributed by atoms with E-state index in [1.54, 1.807) is 12.1 Å². The molecule has 0 atom stereocenters. The van der Waals surface area contributed by atoms with Gasteiger partial charge in [-0.2, -0.15) is 0 Å². The van der Waals surface area contributed by atoms with Gasteiger partial charge in [-0.15, -0.1) is 0 Å². The number of ether oxygens (including phenoxy) is 1. The van der Waals surface area contributed by atoms with Crippen LogP contribution in [0, 0.1) is 0 Å². The van der Waals surface area contributed by atoms with Gasteiger partial charge in [-0.1, -0.05) is 43.0 Å². The van der Waals surface area contributed by atoms with Gasteiger partial charge < -0.3 is 15.2 Å². The number of hydrogen-bond donors (Lipinski definition) is 2. The Morgan fingerprint density at radius 3 is 2.03 bits per heavy atom. The minimum atomic E-state index is -0.144. The molecule has 2 aromatic carbocycles. The van der Waals surface area contributed by atoms with Crippen LogP contribution in [-0.2, 0) is 4.79 Å². The van der Waals surface area contributed by atoms with E-state index >= 15 is 0 Å². The average Bonchev–Trinajstić information content (AvgIpc) is 2.75. The van der Waals surface area contributed by atoms with Crippen LogP contribution in [-0.4, -0.2) is 24.2 Å². The highest BCUT2D eigenvalue weighted by molar-refractivity contribution is 6.04. The van der Waals surface area contributed by atoms with Crippen LogP contribution in [0.1, 0.15) is 37.8 Å². The number of aromatic hydroxyl groups is 1. The first-order valence-corrected chi connectivity index (χ1v) is 9.85. The van der Waals surface area contributed by atoms with E-state index in [0.717, 1.165) is 40.9 Å². The molecule has 0 radical (unpaired) electrons. The number of unbranched alkanes of at least 4 members (excludes halogenated alkanes) is 1. The summed E-state index contributed by atoms with van der Waals surface area (Å²) in [5.41, 5.74) is 4.40. The second kappa shape index (κ2) is 11.5. The smallest absolute Gasteiger partial charge is 0.243 e. The molecule has 0 fully saturated rings. The molecule has 0 heterocycles. The predicted octanol–water partition coefficient (Wildman–Crippen LogP) is 5.36. The average molecular weight is 392 g/mol. The summed E-state index contributed by atoms with van der Waals surface area (Å²) in [6.07, 6.45) is 7.17. The standard InChI is InChI=1S/C25H29NO3/c1-4-23(19-9-13-21(27)14-10-19)24(5-2)20-11-15-22(16-12-20)29-18-8-7-17-26-25(28)6-3/h4-6,9-16,27H,3,7-8,17-18H2,1-2H3,(H,26,28). The van der Waals surface area contributed by atoms with Gasteiger partial charge in [-0.25, -0.2) is 0 Å². The number of nitrogens with one attached hydrogen (secondary N) is 1. The van der Waals surface area contributed by atoms with E-state index in [9.17, 15) is 9.90 Å². The van der Waals surface area contributed by atoms with Crippen LogP contribution in [0.25, 0.3) is 11.1 Å². The summed E-state index contributed by atoms with van der Waals surface area (Å²) in [6.45, 7) is 8.69. The number of phenolic OH excluding ortho intramolecular Hbond substituents is 1. The van der Waals surface area contributed by atoms with Crippen molar-refractivity contribution in [2.24, 2.45) is 0 Å². The summed E-state index contributed by atoms with van der Waals surface area (Å²) in [5, 5.41) is 12.3. The van der Waals surface area contributed by atoms with Gasteiger partial charge in [0.25, 0.3) is 0 Å². The van der Waals surface area contributed by atoms with Gasteiger partial charge in [0.05, 0.1) is 6.61 Å². The number of carbonyl (C=O) groups excluding carboxylic acids is 1. The van der Waals surface area contributed by atoms with Crippen LogP contribution in [0.5, 0.6) is 11.5 Å². The van der Waals surface area contributed by atoms with Crippen LogP contribution in [0.4, 0.5) is 0 Å². The van der Waals surface area contributed by atoms with Crippen molar-refractivity contribution in [2.45, 2.75) is 26.7 Å². The maximum Gasteiger partial charge on any atom is 0.243 e. The normalized spacial score (nSPS) is 11.8. The summed E-state index contributed by atoms with van der Waals surface area (Å²) >= 11 is 0. The Morgan fingerprint density at radius 2 is 1.52 bits per heavy atom. The van der Waals surface area contributed by atoms with Gasteiger partial charge in [0.15, 0.2) is 0 Å². The van der Waals surface area contributed by atoms with Crippen molar-refractivity contribution in [1.29, 1.82) is 0 Å². The molecule has 2 N–H and O–H groups in total. The Kier molecular flexibility index (Phi) is 8.77. The van der Waals surface area contributed by atoms with Gasteiger partial charge in [0.2, 0.25) is 5.91 Å². The molecular formula is C25H29NO3. The molecule has 0 saturated heterocycles. The van der Waals surface area contributed by atoms with Crippen molar-refractivity contribution in [1.82, 2.24) is 5.32 Å². The number of amides is 1. The molecule has 0 bridgehead atoms. The summed E-state index contributed by atoms with van der Waals surface area (Å²) in [6, 6.07) is 15.3. The number of benzene rings is 2. The lowest BCUT2D eigenvalue weighted by Gasteiger charge is -2.14. The Balaban J connectivity index is 1.94. The zero-order valence-electron chi connectivity index (χ0n) is 17.2. The number of hydrogen-bond acceptors (Lipinski definition) is 3. The topological polar surface area (TPSA) is 58.6 Å². The molecule has 0 aliphatic carbocycles. The van der Waals surface area contributed by atoms with E-state index in [0.29, 0.717) is 13.2 Å². The fourth-order valence-corrected chi connectivity index (χ4v) is 3.03. The molecule has 4 heteroatoms. The maximum absolute atomic E-state index is 11.1. The van der Waals surface area contributed by atoms with Crippen molar-refractivity contribution in [3.63, 3.8) is 0 Å². The van der Waals surface area contributed by atoms with Gasteiger partial charge in [-0.3, -0.25) is 4.79 Å². The van der Waals surface area contributed by atoms with E-state index < -0.39 is 0 Å². The van der Waals surface area contributed by atoms with E-state index in [1.807, 2.05) is 38.1 Å². The third-order valence-electron chi connectivity index (χ3n) is 4.54. The van der Waals surface area contributed by atoms with E-state index in [1.165, 1.54) is 6.08 Å². The monoisotopic (exact) mass is 391 g/mol. The van der Waals surface area contributed by atoms with Crippen LogP contribution in [0.15, 0.2) is 73.3 Å². The van der Waals surface area contributed by atoms with E-state index in [2.05, 4.69) is 36.2 Å². The lowest BCUT2D eigenvalue weighted by molar-refractivity contribution is -0.116. The highest BCUT2D eigenvalue weighted by atomic mass is 16.5. The van der Waals surface area contributed by atoms with Gasteiger partial charge in [0.1, 0.15) is 11.5 Å². The second-order valence-corrected chi connectivity index (χ2v) is 6.53. The molecular weight excluding hydrogens is 362 g/mol. The first kappa shape index (κ1) is 22.0. The van der Waals surface area contributed by atoms with Crippen molar-refractivity contribution < 1.29 is 14.6 Å². The van der Waals surface area contributed by atoms with Crippen molar-refractivity contribution >= 4 is 17.1 Å². The third kappa shape index (κ3) is 6.68. The van der Waals surface area contributed by atoms with Gasteiger partial charge in [0, 0.05) is 6.54 Å². The minimum Gasteiger partial charge on any atom is -0.508 e. The largest absolute Gasteiger partial charge is 0.508 e. The zero-order valence-corrected chi connectivity index (χ0v) is 17.2. The SMILES string of the molecule is C=CC(=O)NCCCCOc1ccc(C(=CC)C(=CC)c2ccc(O)cc2)cc1. The Labute approximate surface area is 173 Å². The first-order chi connectivity index (χ1) is 14.1. The molecule has 0 aliphatic heterocycles. The lowest BCUT2D eigenvalue weighted by Crippen LogP contribution is -2.22. The number of allylic oxidation sites excluding steroid dienone is 4. The fraction of sp³-hybridized carbons (Fsp3) is 0.240. The molecule has 0 spiro atoms. The summed E-state index contributed by atoms with van der Waals surface area (Å²) < 4.78 is 5.80. The predicted molar refractivity (Wildman–Crippen MR) is 120 cm³/mol. The molecule has 4 nitrogen and oxygen atoms in total. The lowest BCUT2D eigenvalue weighted by atomic mass is 9.92. The van der Waals surface area contributed by atoms with Crippen LogP contribution in [0.3, 0.4) is 0 Å². The number of phenols is 1.